The first kappa shape index (κ1) is 24.4. The predicted octanol–water partition coefficient (Wildman–Crippen LogP) is 6.48. The molecule has 0 radical (unpaired) electrons. The molecule has 0 saturated carbocycles. The number of carbonyl (C=O) groups excluding carboxylic acids is 2. The second-order valence-corrected chi connectivity index (χ2v) is 9.03. The van der Waals surface area contributed by atoms with Crippen LogP contribution in [0.4, 0.5) is 8.78 Å². The van der Waals surface area contributed by atoms with Crippen LogP contribution in [0.2, 0.25) is 0 Å². The molecule has 0 aromatic heterocycles. The molecule has 1 aliphatic rings. The van der Waals surface area contributed by atoms with Crippen LogP contribution in [0.15, 0.2) is 103 Å². The monoisotopic (exact) mass is 497 g/mol. The van der Waals surface area contributed by atoms with E-state index in [0.717, 1.165) is 16.7 Å². The maximum Gasteiger partial charge on any atom is 0.233 e. The third-order valence-corrected chi connectivity index (χ3v) is 6.65. The smallest absolute Gasteiger partial charge is 0.233 e. The largest absolute Gasteiger partial charge is 0.489 e. The first-order chi connectivity index (χ1) is 18.0. The predicted molar refractivity (Wildman–Crippen MR) is 136 cm³/mol. The number of halogens is 2. The summed E-state index contributed by atoms with van der Waals surface area (Å²) in [5, 5.41) is 0. The zero-order valence-electron chi connectivity index (χ0n) is 20.0. The van der Waals surface area contributed by atoms with Gasteiger partial charge in [-0.2, -0.15) is 0 Å². The number of hydrogen-bond donors (Lipinski definition) is 0. The molecule has 1 aliphatic heterocycles. The Bertz CT molecular complexity index is 1370. The van der Waals surface area contributed by atoms with Gasteiger partial charge in [-0.1, -0.05) is 54.6 Å². The van der Waals surface area contributed by atoms with E-state index in [1.807, 2.05) is 54.6 Å². The van der Waals surface area contributed by atoms with Gasteiger partial charge >= 0.3 is 0 Å². The van der Waals surface area contributed by atoms with Crippen molar-refractivity contribution in [3.63, 3.8) is 0 Å². The Hall–Kier alpha value is -4.32. The summed E-state index contributed by atoms with van der Waals surface area (Å²) in [6.45, 7) is 0.668. The fourth-order valence-electron chi connectivity index (χ4n) is 4.67. The molecule has 4 aromatic rings. The van der Waals surface area contributed by atoms with E-state index in [0.29, 0.717) is 17.9 Å². The fourth-order valence-corrected chi connectivity index (χ4v) is 4.67. The molecule has 0 spiro atoms. The van der Waals surface area contributed by atoms with Crippen LogP contribution in [0.1, 0.15) is 45.4 Å². The molecule has 186 valence electrons. The van der Waals surface area contributed by atoms with Crippen molar-refractivity contribution in [2.45, 2.75) is 25.0 Å². The Morgan fingerprint density at radius 1 is 0.757 bits per heavy atom. The highest BCUT2D eigenvalue weighted by molar-refractivity contribution is 5.97. The minimum Gasteiger partial charge on any atom is -0.489 e. The average Bonchev–Trinajstić information content (AvgIpc) is 2.93. The number of ether oxygens (including phenoxy) is 1. The van der Waals surface area contributed by atoms with Gasteiger partial charge in [-0.15, -0.1) is 0 Å². The summed E-state index contributed by atoms with van der Waals surface area (Å²) in [7, 11) is 0. The number of amides is 1. The van der Waals surface area contributed by atoms with Gasteiger partial charge in [0.05, 0.1) is 12.0 Å². The standard InChI is InChI=1S/C31H25F2NO3/c32-25-12-6-22(7-13-25)28(35)18-19-34-30(29(31(34)36)23-8-14-26(33)15-9-23)24-10-16-27(17-11-24)37-20-21-4-2-1-3-5-21/h1-17,29-30H,18-20H2. The van der Waals surface area contributed by atoms with Crippen LogP contribution in [0.3, 0.4) is 0 Å². The van der Waals surface area contributed by atoms with Crippen LogP contribution in [-0.4, -0.2) is 23.1 Å². The Labute approximate surface area is 214 Å². The minimum atomic E-state index is -0.474. The highest BCUT2D eigenvalue weighted by Gasteiger charge is 2.48. The van der Waals surface area contributed by atoms with Crippen LogP contribution < -0.4 is 4.74 Å². The van der Waals surface area contributed by atoms with E-state index in [4.69, 9.17) is 4.74 Å². The Balaban J connectivity index is 1.33. The number of Topliss-reactive ketones (excluding diaryl/α,β-unsaturated/α-hetero) is 1. The van der Waals surface area contributed by atoms with Crippen LogP contribution >= 0.6 is 0 Å². The summed E-state index contributed by atoms with van der Waals surface area (Å²) >= 11 is 0. The normalized spacial score (nSPS) is 16.8. The lowest BCUT2D eigenvalue weighted by Crippen LogP contribution is -2.53. The van der Waals surface area contributed by atoms with Gasteiger partial charge in [0.25, 0.3) is 0 Å². The van der Waals surface area contributed by atoms with Crippen LogP contribution in [0.5, 0.6) is 5.75 Å². The van der Waals surface area contributed by atoms with E-state index in [9.17, 15) is 18.4 Å². The summed E-state index contributed by atoms with van der Waals surface area (Å²) in [5.74, 6) is -0.830. The third kappa shape index (κ3) is 5.43. The maximum absolute atomic E-state index is 13.5. The number of likely N-dealkylation sites (tertiary alicyclic amines) is 1. The lowest BCUT2D eigenvalue weighted by molar-refractivity contribution is -0.150. The van der Waals surface area contributed by atoms with Crippen molar-refractivity contribution >= 4 is 11.7 Å². The summed E-state index contributed by atoms with van der Waals surface area (Å²) in [6.07, 6.45) is 0.113. The molecule has 4 nitrogen and oxygen atoms in total. The zero-order valence-corrected chi connectivity index (χ0v) is 20.0. The molecule has 1 fully saturated rings. The first-order valence-corrected chi connectivity index (χ1v) is 12.1. The molecule has 0 bridgehead atoms. The van der Waals surface area contributed by atoms with Crippen molar-refractivity contribution in [1.29, 1.82) is 0 Å². The van der Waals surface area contributed by atoms with Crippen molar-refractivity contribution < 1.29 is 23.1 Å². The average molecular weight is 498 g/mol. The van der Waals surface area contributed by atoms with Crippen molar-refractivity contribution in [3.05, 3.63) is 137 Å². The Morgan fingerprint density at radius 2 is 1.35 bits per heavy atom. The lowest BCUT2D eigenvalue weighted by atomic mass is 9.77. The molecule has 0 aliphatic carbocycles. The van der Waals surface area contributed by atoms with Gasteiger partial charge in [0, 0.05) is 18.5 Å². The Morgan fingerprint density at radius 3 is 2.00 bits per heavy atom. The van der Waals surface area contributed by atoms with Crippen molar-refractivity contribution in [3.8, 4) is 5.75 Å². The van der Waals surface area contributed by atoms with E-state index in [2.05, 4.69) is 0 Å². The van der Waals surface area contributed by atoms with Gasteiger partial charge in [-0.3, -0.25) is 9.59 Å². The van der Waals surface area contributed by atoms with Crippen molar-refractivity contribution in [1.82, 2.24) is 4.90 Å². The van der Waals surface area contributed by atoms with Gasteiger partial charge in [0.1, 0.15) is 24.0 Å². The van der Waals surface area contributed by atoms with Gasteiger partial charge in [-0.25, -0.2) is 8.78 Å². The summed E-state index contributed by atoms with van der Waals surface area (Å²) in [4.78, 5) is 27.5. The fraction of sp³-hybridized carbons (Fsp3) is 0.161. The van der Waals surface area contributed by atoms with Gasteiger partial charge < -0.3 is 9.64 Å². The number of β-lactam (4-membered cyclic amide) rings is 1. The molecule has 0 N–H and O–H groups in total. The highest BCUT2D eigenvalue weighted by Crippen LogP contribution is 2.46. The summed E-state index contributed by atoms with van der Waals surface area (Å²) in [6, 6.07) is 28.5. The van der Waals surface area contributed by atoms with Gasteiger partial charge in [0.15, 0.2) is 5.78 Å². The molecule has 2 atom stereocenters. The van der Waals surface area contributed by atoms with Crippen LogP contribution in [0, 0.1) is 11.6 Å². The van der Waals surface area contributed by atoms with Gasteiger partial charge in [-0.05, 0) is 65.2 Å². The molecule has 1 heterocycles. The third-order valence-electron chi connectivity index (χ3n) is 6.65. The highest BCUT2D eigenvalue weighted by atomic mass is 19.1. The second kappa shape index (κ2) is 10.7. The summed E-state index contributed by atoms with van der Waals surface area (Å²) in [5.41, 5.74) is 3.09. The number of nitrogens with zero attached hydrogens (tertiary/aromatic N) is 1. The molecular weight excluding hydrogens is 472 g/mol. The van der Waals surface area contributed by atoms with Crippen LogP contribution in [0.25, 0.3) is 0 Å². The SMILES string of the molecule is O=C(CCN1C(=O)C(c2ccc(F)cc2)C1c1ccc(OCc2ccccc2)cc1)c1ccc(F)cc1. The molecule has 6 heteroatoms. The van der Waals surface area contributed by atoms with Crippen LogP contribution in [-0.2, 0) is 11.4 Å². The number of benzene rings is 4. The molecule has 4 aromatic carbocycles. The molecule has 37 heavy (non-hydrogen) atoms. The van der Waals surface area contributed by atoms with Crippen molar-refractivity contribution in [2.75, 3.05) is 6.54 Å². The maximum atomic E-state index is 13.5. The Kier molecular flexibility index (Phi) is 7.08. The number of carbonyl (C=O) groups is 2. The van der Waals surface area contributed by atoms with E-state index in [1.165, 1.54) is 36.4 Å². The van der Waals surface area contributed by atoms with Crippen molar-refractivity contribution in [2.24, 2.45) is 0 Å². The number of hydrogen-bond acceptors (Lipinski definition) is 3. The lowest BCUT2D eigenvalue weighted by Gasteiger charge is -2.48. The number of rotatable bonds is 9. The molecule has 5 rings (SSSR count). The molecule has 1 amide bonds. The zero-order chi connectivity index (χ0) is 25.8. The topological polar surface area (TPSA) is 46.6 Å². The van der Waals surface area contributed by atoms with E-state index in [1.54, 1.807) is 17.0 Å². The van der Waals surface area contributed by atoms with E-state index < -0.39 is 11.7 Å². The first-order valence-electron chi connectivity index (χ1n) is 12.1. The quantitative estimate of drug-likeness (QED) is 0.196. The molecular formula is C31H25F2NO3. The van der Waals surface area contributed by atoms with Gasteiger partial charge in [0.2, 0.25) is 5.91 Å². The minimum absolute atomic E-state index is 0.113. The molecule has 2 unspecified atom stereocenters. The van der Waals surface area contributed by atoms with E-state index in [-0.39, 0.29) is 36.5 Å². The van der Waals surface area contributed by atoms with E-state index >= 15 is 0 Å². The number of ketones is 1. The molecule has 1 saturated heterocycles. The second-order valence-electron chi connectivity index (χ2n) is 9.03. The summed E-state index contributed by atoms with van der Waals surface area (Å²) < 4.78 is 32.6.